The lowest BCUT2D eigenvalue weighted by Gasteiger charge is -2.21. The molecule has 0 aromatic rings. The van der Waals surface area contributed by atoms with Gasteiger partial charge in [0, 0.05) is 10.5 Å². The molecule has 0 fully saturated rings. The first kappa shape index (κ1) is 10.7. The Labute approximate surface area is 72.0 Å². The van der Waals surface area contributed by atoms with Crippen LogP contribution in [0.3, 0.4) is 0 Å². The first-order valence-electron chi connectivity index (χ1n) is 3.37. The van der Waals surface area contributed by atoms with Gasteiger partial charge < -0.3 is 5.11 Å². The van der Waals surface area contributed by atoms with Gasteiger partial charge in [-0.25, -0.2) is 0 Å². The van der Waals surface area contributed by atoms with Crippen LogP contribution >= 0.6 is 23.5 Å². The Morgan fingerprint density at radius 3 is 1.50 bits per heavy atom. The van der Waals surface area contributed by atoms with Crippen molar-refractivity contribution >= 4 is 23.5 Å². The zero-order valence-corrected chi connectivity index (χ0v) is 8.63. The van der Waals surface area contributed by atoms with Crippen LogP contribution in [0.2, 0.25) is 0 Å². The summed E-state index contributed by atoms with van der Waals surface area (Å²) in [6.07, 6.45) is 3.88. The van der Waals surface area contributed by atoms with Crippen molar-refractivity contribution in [2.75, 3.05) is 12.5 Å². The van der Waals surface area contributed by atoms with Crippen molar-refractivity contribution in [2.24, 2.45) is 0 Å². The van der Waals surface area contributed by atoms with Gasteiger partial charge >= 0.3 is 0 Å². The van der Waals surface area contributed by atoms with Gasteiger partial charge in [-0.15, -0.1) is 0 Å². The maximum Gasteiger partial charge on any atom is 0.0771 e. The average molecular weight is 180 g/mol. The molecule has 0 saturated heterocycles. The molecular formula is C7H16OS2. The fourth-order valence-electron chi connectivity index (χ4n) is 0.661. The lowest BCUT2D eigenvalue weighted by Crippen LogP contribution is -2.29. The SMILES string of the molecule is CSC(C)C(O)C(C)SC. The second kappa shape index (κ2) is 5.33. The molecule has 3 heteroatoms. The van der Waals surface area contributed by atoms with Crippen LogP contribution in [-0.4, -0.2) is 34.2 Å². The highest BCUT2D eigenvalue weighted by Gasteiger charge is 2.18. The summed E-state index contributed by atoms with van der Waals surface area (Å²) in [4.78, 5) is 0. The number of rotatable bonds is 4. The molecule has 0 rings (SSSR count). The van der Waals surface area contributed by atoms with E-state index in [1.807, 2.05) is 12.5 Å². The highest BCUT2D eigenvalue weighted by molar-refractivity contribution is 8.00. The molecule has 0 spiro atoms. The smallest absolute Gasteiger partial charge is 0.0771 e. The number of hydrogen-bond acceptors (Lipinski definition) is 3. The fraction of sp³-hybridized carbons (Fsp3) is 1.00. The van der Waals surface area contributed by atoms with Crippen molar-refractivity contribution < 1.29 is 5.11 Å². The molecule has 1 N–H and O–H groups in total. The van der Waals surface area contributed by atoms with E-state index in [0.29, 0.717) is 10.5 Å². The van der Waals surface area contributed by atoms with Crippen molar-refractivity contribution in [3.05, 3.63) is 0 Å². The minimum atomic E-state index is -0.176. The van der Waals surface area contributed by atoms with E-state index in [1.165, 1.54) is 0 Å². The molecule has 0 aromatic carbocycles. The van der Waals surface area contributed by atoms with Crippen molar-refractivity contribution in [2.45, 2.75) is 30.5 Å². The molecular weight excluding hydrogens is 164 g/mol. The van der Waals surface area contributed by atoms with E-state index in [2.05, 4.69) is 13.8 Å². The molecule has 0 amide bonds. The summed E-state index contributed by atoms with van der Waals surface area (Å²) in [5, 5.41) is 10.2. The van der Waals surface area contributed by atoms with Gasteiger partial charge in [0.1, 0.15) is 0 Å². The molecule has 1 nitrogen and oxygen atoms in total. The van der Waals surface area contributed by atoms with Crippen molar-refractivity contribution in [3.63, 3.8) is 0 Å². The van der Waals surface area contributed by atoms with Crippen LogP contribution in [0.4, 0.5) is 0 Å². The van der Waals surface area contributed by atoms with E-state index in [9.17, 15) is 5.11 Å². The van der Waals surface area contributed by atoms with E-state index >= 15 is 0 Å². The number of hydrogen-bond donors (Lipinski definition) is 1. The highest BCUT2D eigenvalue weighted by atomic mass is 32.2. The largest absolute Gasteiger partial charge is 0.391 e. The first-order valence-corrected chi connectivity index (χ1v) is 5.94. The fourth-order valence-corrected chi connectivity index (χ4v) is 1.79. The Balaban J connectivity index is 3.69. The lowest BCUT2D eigenvalue weighted by atomic mass is 10.2. The number of aliphatic hydroxyl groups excluding tert-OH is 1. The standard InChI is InChI=1S/C7H16OS2/c1-5(9-3)7(8)6(2)10-4/h5-8H,1-4H3. The summed E-state index contributed by atoms with van der Waals surface area (Å²) in [5.41, 5.74) is 0. The van der Waals surface area contributed by atoms with Crippen molar-refractivity contribution in [1.29, 1.82) is 0 Å². The molecule has 0 aliphatic carbocycles. The minimum absolute atomic E-state index is 0.176. The third kappa shape index (κ3) is 3.17. The van der Waals surface area contributed by atoms with Gasteiger partial charge in [-0.1, -0.05) is 13.8 Å². The van der Waals surface area contributed by atoms with Gasteiger partial charge in [-0.3, -0.25) is 0 Å². The van der Waals surface area contributed by atoms with Crippen LogP contribution in [0.25, 0.3) is 0 Å². The van der Waals surface area contributed by atoms with Crippen molar-refractivity contribution in [3.8, 4) is 0 Å². The first-order chi connectivity index (χ1) is 4.63. The molecule has 0 heterocycles. The lowest BCUT2D eigenvalue weighted by molar-refractivity contribution is 0.177. The maximum absolute atomic E-state index is 9.54. The predicted molar refractivity (Wildman–Crippen MR) is 52.0 cm³/mol. The Bertz CT molecular complexity index is 77.7. The third-order valence-corrected chi connectivity index (χ3v) is 3.75. The van der Waals surface area contributed by atoms with E-state index in [0.717, 1.165) is 0 Å². The van der Waals surface area contributed by atoms with E-state index in [4.69, 9.17) is 0 Å². The van der Waals surface area contributed by atoms with Crippen molar-refractivity contribution in [1.82, 2.24) is 0 Å². The quantitative estimate of drug-likeness (QED) is 0.713. The van der Waals surface area contributed by atoms with E-state index in [1.54, 1.807) is 23.5 Å². The Hall–Kier alpha value is 0.660. The van der Waals surface area contributed by atoms with Crippen LogP contribution in [-0.2, 0) is 0 Å². The molecule has 0 bridgehead atoms. The second-order valence-corrected chi connectivity index (χ2v) is 4.80. The van der Waals surface area contributed by atoms with Gasteiger partial charge in [-0.2, -0.15) is 23.5 Å². The van der Waals surface area contributed by atoms with Crippen LogP contribution in [0, 0.1) is 0 Å². The summed E-state index contributed by atoms with van der Waals surface area (Å²) >= 11 is 3.43. The summed E-state index contributed by atoms with van der Waals surface area (Å²) in [6.45, 7) is 4.12. The summed E-state index contributed by atoms with van der Waals surface area (Å²) in [6, 6.07) is 0. The third-order valence-electron chi connectivity index (χ3n) is 1.71. The summed E-state index contributed by atoms with van der Waals surface area (Å²) in [5.74, 6) is 0. The van der Waals surface area contributed by atoms with Gasteiger partial charge in [-0.05, 0) is 12.5 Å². The van der Waals surface area contributed by atoms with Crippen LogP contribution in [0.15, 0.2) is 0 Å². The zero-order chi connectivity index (χ0) is 8.15. The van der Waals surface area contributed by atoms with E-state index in [-0.39, 0.29) is 6.10 Å². The van der Waals surface area contributed by atoms with Crippen LogP contribution in [0.5, 0.6) is 0 Å². The Morgan fingerprint density at radius 1 is 1.00 bits per heavy atom. The van der Waals surface area contributed by atoms with Gasteiger partial charge in [0.2, 0.25) is 0 Å². The number of thioether (sulfide) groups is 2. The normalized spacial score (nSPS) is 20.1. The molecule has 2 unspecified atom stereocenters. The molecule has 0 aliphatic heterocycles. The molecule has 0 radical (unpaired) electrons. The second-order valence-electron chi connectivity index (χ2n) is 2.37. The predicted octanol–water partition coefficient (Wildman–Crippen LogP) is 1.85. The molecule has 62 valence electrons. The zero-order valence-electron chi connectivity index (χ0n) is 7.00. The molecule has 10 heavy (non-hydrogen) atoms. The number of aliphatic hydroxyl groups is 1. The summed E-state index contributed by atoms with van der Waals surface area (Å²) in [7, 11) is 0. The molecule has 0 saturated carbocycles. The molecule has 2 atom stereocenters. The highest BCUT2D eigenvalue weighted by Crippen LogP contribution is 2.19. The topological polar surface area (TPSA) is 20.2 Å². The van der Waals surface area contributed by atoms with Crippen LogP contribution < -0.4 is 0 Å². The van der Waals surface area contributed by atoms with Gasteiger partial charge in [0.15, 0.2) is 0 Å². The Morgan fingerprint density at radius 2 is 1.30 bits per heavy atom. The van der Waals surface area contributed by atoms with Crippen LogP contribution in [0.1, 0.15) is 13.8 Å². The summed E-state index contributed by atoms with van der Waals surface area (Å²) < 4.78 is 0. The monoisotopic (exact) mass is 180 g/mol. The molecule has 0 aromatic heterocycles. The Kier molecular flexibility index (Phi) is 5.68. The average Bonchev–Trinajstić information content (AvgIpc) is 2.00. The van der Waals surface area contributed by atoms with Gasteiger partial charge in [0.05, 0.1) is 6.10 Å². The minimum Gasteiger partial charge on any atom is -0.391 e. The van der Waals surface area contributed by atoms with Gasteiger partial charge in [0.25, 0.3) is 0 Å². The van der Waals surface area contributed by atoms with E-state index < -0.39 is 0 Å². The maximum atomic E-state index is 9.54. The molecule has 0 aliphatic rings.